The van der Waals surface area contributed by atoms with Gasteiger partial charge in [-0.15, -0.1) is 11.3 Å². The van der Waals surface area contributed by atoms with Gasteiger partial charge in [-0.2, -0.15) is 4.31 Å². The standard InChI is InChI=1S/C13H20BrN3O2S2/c1-15-8-11-7-12(13(14)20-11)21(18,19)17-6-5-16-4-2-3-10(16)9-17/h7,10,15H,2-6,8-9H2,1H3. The Balaban J connectivity index is 1.83. The number of halogens is 1. The number of nitrogens with zero attached hydrogens (tertiary/aromatic N) is 2. The summed E-state index contributed by atoms with van der Waals surface area (Å²) in [6.07, 6.45) is 2.30. The second-order valence-corrected chi connectivity index (χ2v) is 9.94. The molecule has 0 aliphatic carbocycles. The molecule has 1 aromatic heterocycles. The van der Waals surface area contributed by atoms with Gasteiger partial charge in [0, 0.05) is 37.1 Å². The van der Waals surface area contributed by atoms with Crippen LogP contribution in [0, 0.1) is 0 Å². The fourth-order valence-corrected chi connectivity index (χ4v) is 7.27. The lowest BCUT2D eigenvalue weighted by molar-refractivity contribution is 0.158. The molecule has 1 aromatic rings. The second-order valence-electron chi connectivity index (χ2n) is 5.58. The number of hydrogen-bond donors (Lipinski definition) is 1. The molecular weight excluding hydrogens is 374 g/mol. The third kappa shape index (κ3) is 3.07. The van der Waals surface area contributed by atoms with E-state index in [1.54, 1.807) is 10.4 Å². The maximum Gasteiger partial charge on any atom is 0.245 e. The number of hydrogen-bond acceptors (Lipinski definition) is 5. The Labute approximate surface area is 138 Å². The molecular formula is C13H20BrN3O2S2. The smallest absolute Gasteiger partial charge is 0.245 e. The first kappa shape index (κ1) is 15.9. The van der Waals surface area contributed by atoms with E-state index in [1.165, 1.54) is 17.8 Å². The van der Waals surface area contributed by atoms with Crippen LogP contribution in [0.3, 0.4) is 0 Å². The van der Waals surface area contributed by atoms with Crippen molar-refractivity contribution in [2.45, 2.75) is 30.3 Å². The molecule has 2 saturated heterocycles. The van der Waals surface area contributed by atoms with Crippen molar-refractivity contribution in [2.75, 3.05) is 33.2 Å². The molecule has 2 aliphatic rings. The Hall–Kier alpha value is 0.01000. The van der Waals surface area contributed by atoms with Gasteiger partial charge in [0.1, 0.15) is 4.90 Å². The molecule has 0 radical (unpaired) electrons. The summed E-state index contributed by atoms with van der Waals surface area (Å²) in [4.78, 5) is 3.87. The highest BCUT2D eigenvalue weighted by Crippen LogP contribution is 2.35. The molecule has 21 heavy (non-hydrogen) atoms. The molecule has 1 atom stereocenters. The summed E-state index contributed by atoms with van der Waals surface area (Å²) in [5, 5.41) is 3.06. The van der Waals surface area contributed by atoms with E-state index in [9.17, 15) is 8.42 Å². The van der Waals surface area contributed by atoms with Gasteiger partial charge >= 0.3 is 0 Å². The summed E-state index contributed by atoms with van der Waals surface area (Å²) in [6.45, 7) is 3.89. The molecule has 3 rings (SSSR count). The minimum atomic E-state index is -3.39. The summed E-state index contributed by atoms with van der Waals surface area (Å²) in [6, 6.07) is 2.20. The van der Waals surface area contributed by atoms with Crippen molar-refractivity contribution in [3.05, 3.63) is 14.7 Å². The number of nitrogens with one attached hydrogen (secondary N) is 1. The molecule has 2 aliphatic heterocycles. The molecule has 0 amide bonds. The first-order valence-electron chi connectivity index (χ1n) is 7.19. The molecule has 118 valence electrons. The summed E-state index contributed by atoms with van der Waals surface area (Å²) in [5.74, 6) is 0. The Bertz CT molecular complexity index is 617. The largest absolute Gasteiger partial charge is 0.315 e. The van der Waals surface area contributed by atoms with E-state index in [-0.39, 0.29) is 0 Å². The number of sulfonamides is 1. The van der Waals surface area contributed by atoms with E-state index in [4.69, 9.17) is 0 Å². The van der Waals surface area contributed by atoms with E-state index in [1.807, 2.05) is 7.05 Å². The minimum Gasteiger partial charge on any atom is -0.315 e. The van der Waals surface area contributed by atoms with Crippen molar-refractivity contribution >= 4 is 37.3 Å². The SMILES string of the molecule is CNCc1cc(S(=O)(=O)N2CCN3CCCC3C2)c(Br)s1. The minimum absolute atomic E-state index is 0.405. The van der Waals surface area contributed by atoms with Crippen LogP contribution in [0.4, 0.5) is 0 Å². The van der Waals surface area contributed by atoms with Crippen molar-refractivity contribution in [3.8, 4) is 0 Å². The molecule has 0 bridgehead atoms. The number of piperazine rings is 1. The Morgan fingerprint density at radius 1 is 1.43 bits per heavy atom. The molecule has 0 aromatic carbocycles. The highest BCUT2D eigenvalue weighted by atomic mass is 79.9. The lowest BCUT2D eigenvalue weighted by Gasteiger charge is -2.36. The maximum atomic E-state index is 12.9. The molecule has 1 N–H and O–H groups in total. The fraction of sp³-hybridized carbons (Fsp3) is 0.692. The maximum absolute atomic E-state index is 12.9. The van der Waals surface area contributed by atoms with Gasteiger partial charge in [-0.25, -0.2) is 8.42 Å². The van der Waals surface area contributed by atoms with E-state index in [2.05, 4.69) is 26.1 Å². The Morgan fingerprint density at radius 2 is 2.24 bits per heavy atom. The van der Waals surface area contributed by atoms with Crippen LogP contribution in [-0.2, 0) is 16.6 Å². The predicted molar refractivity (Wildman–Crippen MR) is 88.1 cm³/mol. The molecule has 3 heterocycles. The van der Waals surface area contributed by atoms with Crippen LogP contribution in [0.1, 0.15) is 17.7 Å². The van der Waals surface area contributed by atoms with Gasteiger partial charge in [0.05, 0.1) is 3.79 Å². The van der Waals surface area contributed by atoms with Crippen molar-refractivity contribution in [1.82, 2.24) is 14.5 Å². The van der Waals surface area contributed by atoms with Gasteiger partial charge in [-0.05, 0) is 48.4 Å². The lowest BCUT2D eigenvalue weighted by atomic mass is 10.2. The van der Waals surface area contributed by atoms with E-state index in [0.29, 0.717) is 34.4 Å². The van der Waals surface area contributed by atoms with E-state index in [0.717, 1.165) is 24.4 Å². The average Bonchev–Trinajstić information content (AvgIpc) is 3.04. The number of rotatable bonds is 4. The summed E-state index contributed by atoms with van der Waals surface area (Å²) in [7, 11) is -1.52. The average molecular weight is 394 g/mol. The van der Waals surface area contributed by atoms with Gasteiger partial charge in [0.2, 0.25) is 10.0 Å². The summed E-state index contributed by atoms with van der Waals surface area (Å²) in [5.41, 5.74) is 0. The van der Waals surface area contributed by atoms with E-state index < -0.39 is 10.0 Å². The summed E-state index contributed by atoms with van der Waals surface area (Å²) >= 11 is 4.91. The van der Waals surface area contributed by atoms with Crippen LogP contribution >= 0.6 is 27.3 Å². The fourth-order valence-electron chi connectivity index (χ4n) is 3.16. The number of thiophene rings is 1. The van der Waals surface area contributed by atoms with Gasteiger partial charge < -0.3 is 5.32 Å². The molecule has 0 saturated carbocycles. The molecule has 0 spiro atoms. The predicted octanol–water partition coefficient (Wildman–Crippen LogP) is 1.70. The Kier molecular flexibility index (Phi) is 4.73. The van der Waals surface area contributed by atoms with Crippen LogP contribution < -0.4 is 5.32 Å². The van der Waals surface area contributed by atoms with Crippen LogP contribution in [-0.4, -0.2) is 56.9 Å². The monoisotopic (exact) mass is 393 g/mol. The lowest BCUT2D eigenvalue weighted by Crippen LogP contribution is -2.51. The number of fused-ring (bicyclic) bond motifs is 1. The van der Waals surface area contributed by atoms with Crippen molar-refractivity contribution in [3.63, 3.8) is 0 Å². The van der Waals surface area contributed by atoms with Crippen LogP contribution in [0.25, 0.3) is 0 Å². The molecule has 1 unspecified atom stereocenters. The second kappa shape index (κ2) is 6.25. The zero-order chi connectivity index (χ0) is 15.0. The summed E-state index contributed by atoms with van der Waals surface area (Å²) < 4.78 is 28.1. The van der Waals surface area contributed by atoms with Gasteiger partial charge in [0.15, 0.2) is 0 Å². The highest BCUT2D eigenvalue weighted by Gasteiger charge is 2.37. The zero-order valence-corrected chi connectivity index (χ0v) is 15.2. The normalized spacial score (nSPS) is 24.4. The van der Waals surface area contributed by atoms with E-state index >= 15 is 0 Å². The van der Waals surface area contributed by atoms with Crippen molar-refractivity contribution in [1.29, 1.82) is 0 Å². The molecule has 8 heteroatoms. The Morgan fingerprint density at radius 3 is 3.00 bits per heavy atom. The molecule has 2 fully saturated rings. The molecule has 5 nitrogen and oxygen atoms in total. The van der Waals surface area contributed by atoms with Crippen molar-refractivity contribution < 1.29 is 8.42 Å². The van der Waals surface area contributed by atoms with Gasteiger partial charge in [-0.1, -0.05) is 0 Å². The van der Waals surface area contributed by atoms with Crippen LogP contribution in [0.2, 0.25) is 0 Å². The van der Waals surface area contributed by atoms with Gasteiger partial charge in [-0.3, -0.25) is 4.90 Å². The topological polar surface area (TPSA) is 52.7 Å². The van der Waals surface area contributed by atoms with Crippen molar-refractivity contribution in [2.24, 2.45) is 0 Å². The highest BCUT2D eigenvalue weighted by molar-refractivity contribution is 9.11. The zero-order valence-electron chi connectivity index (χ0n) is 12.0. The van der Waals surface area contributed by atoms with Gasteiger partial charge in [0.25, 0.3) is 0 Å². The third-order valence-corrected chi connectivity index (χ3v) is 8.34. The first-order valence-corrected chi connectivity index (χ1v) is 10.2. The first-order chi connectivity index (χ1) is 10.0. The van der Waals surface area contributed by atoms with Crippen LogP contribution in [0.15, 0.2) is 14.7 Å². The third-order valence-electron chi connectivity index (χ3n) is 4.23. The van der Waals surface area contributed by atoms with Crippen LogP contribution in [0.5, 0.6) is 0 Å². The quantitative estimate of drug-likeness (QED) is 0.845.